The third-order valence-corrected chi connectivity index (χ3v) is 5.06. The van der Waals surface area contributed by atoms with Crippen molar-refractivity contribution in [3.8, 4) is 0 Å². The van der Waals surface area contributed by atoms with Crippen LogP contribution in [-0.2, 0) is 4.79 Å². The number of hydrogen-bond acceptors (Lipinski definition) is 4. The van der Waals surface area contributed by atoms with E-state index >= 15 is 0 Å². The lowest BCUT2D eigenvalue weighted by atomic mass is 9.93. The summed E-state index contributed by atoms with van der Waals surface area (Å²) in [5.74, 6) is 1.43. The Morgan fingerprint density at radius 3 is 2.71 bits per heavy atom. The SMILES string of the molecule is O=C([C@H]1CC=CCC1)N1CCN(c2nncc3ccccc23)CC1. The van der Waals surface area contributed by atoms with Gasteiger partial charge in [-0.1, -0.05) is 36.4 Å². The van der Waals surface area contributed by atoms with E-state index in [0.29, 0.717) is 5.91 Å². The molecule has 0 spiro atoms. The van der Waals surface area contributed by atoms with E-state index in [1.165, 1.54) is 0 Å². The fourth-order valence-corrected chi connectivity index (χ4v) is 3.66. The van der Waals surface area contributed by atoms with Crippen molar-refractivity contribution in [3.05, 3.63) is 42.6 Å². The van der Waals surface area contributed by atoms with E-state index in [4.69, 9.17) is 0 Å². The Balaban J connectivity index is 1.46. The Morgan fingerprint density at radius 2 is 1.92 bits per heavy atom. The first-order valence-electron chi connectivity index (χ1n) is 8.72. The van der Waals surface area contributed by atoms with Crippen molar-refractivity contribution in [2.75, 3.05) is 31.1 Å². The molecular weight excluding hydrogens is 300 g/mol. The lowest BCUT2D eigenvalue weighted by Gasteiger charge is -2.37. The molecule has 0 saturated carbocycles. The van der Waals surface area contributed by atoms with E-state index in [1.807, 2.05) is 17.0 Å². The summed E-state index contributed by atoms with van der Waals surface area (Å²) >= 11 is 0. The zero-order valence-corrected chi connectivity index (χ0v) is 13.8. The predicted octanol–water partition coefficient (Wildman–Crippen LogP) is 2.63. The normalized spacial score (nSPS) is 21.2. The minimum Gasteiger partial charge on any atom is -0.351 e. The second-order valence-electron chi connectivity index (χ2n) is 6.55. The monoisotopic (exact) mass is 322 g/mol. The van der Waals surface area contributed by atoms with Crippen molar-refractivity contribution >= 4 is 22.5 Å². The van der Waals surface area contributed by atoms with Gasteiger partial charge in [0, 0.05) is 42.9 Å². The summed E-state index contributed by atoms with van der Waals surface area (Å²) in [6, 6.07) is 8.20. The molecule has 4 rings (SSSR count). The van der Waals surface area contributed by atoms with Gasteiger partial charge in [-0.05, 0) is 19.3 Å². The van der Waals surface area contributed by atoms with Gasteiger partial charge in [-0.25, -0.2) is 0 Å². The van der Waals surface area contributed by atoms with Crippen molar-refractivity contribution in [2.24, 2.45) is 5.92 Å². The number of aromatic nitrogens is 2. The van der Waals surface area contributed by atoms with Gasteiger partial charge in [0.05, 0.1) is 6.20 Å². The van der Waals surface area contributed by atoms with Crippen LogP contribution in [0.25, 0.3) is 10.8 Å². The van der Waals surface area contributed by atoms with Gasteiger partial charge in [0.25, 0.3) is 0 Å². The van der Waals surface area contributed by atoms with Gasteiger partial charge >= 0.3 is 0 Å². The molecule has 1 saturated heterocycles. The quantitative estimate of drug-likeness (QED) is 0.798. The second-order valence-corrected chi connectivity index (χ2v) is 6.55. The summed E-state index contributed by atoms with van der Waals surface area (Å²) in [4.78, 5) is 16.9. The molecule has 2 aromatic rings. The average Bonchev–Trinajstić information content (AvgIpc) is 2.68. The number of rotatable bonds is 2. The molecule has 5 heteroatoms. The number of nitrogens with zero attached hydrogens (tertiary/aromatic N) is 4. The van der Waals surface area contributed by atoms with E-state index < -0.39 is 0 Å². The molecule has 24 heavy (non-hydrogen) atoms. The molecule has 1 atom stereocenters. The number of anilines is 1. The number of amides is 1. The topological polar surface area (TPSA) is 49.3 Å². The highest BCUT2D eigenvalue weighted by Gasteiger charge is 2.28. The molecule has 1 aliphatic carbocycles. The van der Waals surface area contributed by atoms with Crippen molar-refractivity contribution in [2.45, 2.75) is 19.3 Å². The molecule has 0 N–H and O–H groups in total. The summed E-state index contributed by atoms with van der Waals surface area (Å²) in [5.41, 5.74) is 0. The van der Waals surface area contributed by atoms with Crippen LogP contribution in [0.15, 0.2) is 42.6 Å². The zero-order chi connectivity index (χ0) is 16.4. The number of allylic oxidation sites excluding steroid dienone is 2. The minimum absolute atomic E-state index is 0.180. The van der Waals surface area contributed by atoms with Crippen molar-refractivity contribution in [3.63, 3.8) is 0 Å². The summed E-state index contributed by atoms with van der Waals surface area (Å²) < 4.78 is 0. The minimum atomic E-state index is 0.180. The molecule has 124 valence electrons. The van der Waals surface area contributed by atoms with Crippen LogP contribution in [0.2, 0.25) is 0 Å². The van der Waals surface area contributed by atoms with Crippen molar-refractivity contribution < 1.29 is 4.79 Å². The first-order chi connectivity index (χ1) is 11.8. The second kappa shape index (κ2) is 6.59. The molecular formula is C19H22N4O. The van der Waals surface area contributed by atoms with E-state index in [2.05, 4.69) is 39.4 Å². The van der Waals surface area contributed by atoms with Crippen molar-refractivity contribution in [1.29, 1.82) is 0 Å². The maximum absolute atomic E-state index is 12.7. The molecule has 1 aromatic carbocycles. The highest BCUT2D eigenvalue weighted by molar-refractivity contribution is 5.91. The van der Waals surface area contributed by atoms with Gasteiger partial charge < -0.3 is 9.80 Å². The van der Waals surface area contributed by atoms with Crippen LogP contribution in [0.5, 0.6) is 0 Å². The fraction of sp³-hybridized carbons (Fsp3) is 0.421. The lowest BCUT2D eigenvalue weighted by molar-refractivity contribution is -0.136. The summed E-state index contributed by atoms with van der Waals surface area (Å²) in [5, 5.41) is 10.7. The number of hydrogen-bond donors (Lipinski definition) is 0. The average molecular weight is 322 g/mol. The Morgan fingerprint density at radius 1 is 1.08 bits per heavy atom. The molecule has 1 amide bonds. The van der Waals surface area contributed by atoms with E-state index in [0.717, 1.165) is 62.0 Å². The standard InChI is InChI=1S/C19H22N4O/c24-19(15-6-2-1-3-7-15)23-12-10-22(11-13-23)18-17-9-5-4-8-16(17)14-20-21-18/h1-2,4-5,8-9,14-15H,3,6-7,10-13H2/t15-/m0/s1. The number of piperazine rings is 1. The Kier molecular flexibility index (Phi) is 4.15. The summed E-state index contributed by atoms with van der Waals surface area (Å²) in [6.45, 7) is 3.17. The molecule has 0 unspecified atom stereocenters. The summed E-state index contributed by atoms with van der Waals surface area (Å²) in [7, 11) is 0. The maximum atomic E-state index is 12.7. The Hall–Kier alpha value is -2.43. The maximum Gasteiger partial charge on any atom is 0.226 e. The van der Waals surface area contributed by atoms with Gasteiger partial charge in [0.2, 0.25) is 5.91 Å². The van der Waals surface area contributed by atoms with Crippen LogP contribution >= 0.6 is 0 Å². The van der Waals surface area contributed by atoms with Gasteiger partial charge in [-0.3, -0.25) is 4.79 Å². The first kappa shape index (κ1) is 15.1. The van der Waals surface area contributed by atoms with Crippen LogP contribution in [-0.4, -0.2) is 47.2 Å². The fourth-order valence-electron chi connectivity index (χ4n) is 3.66. The first-order valence-corrected chi connectivity index (χ1v) is 8.72. The van der Waals surface area contributed by atoms with E-state index in [-0.39, 0.29) is 5.92 Å². The number of carbonyl (C=O) groups is 1. The van der Waals surface area contributed by atoms with Crippen LogP contribution < -0.4 is 4.90 Å². The molecule has 0 radical (unpaired) electrons. The van der Waals surface area contributed by atoms with E-state index in [1.54, 1.807) is 6.20 Å². The van der Waals surface area contributed by atoms with Crippen LogP contribution in [0.4, 0.5) is 5.82 Å². The van der Waals surface area contributed by atoms with Gasteiger partial charge in [-0.15, -0.1) is 5.10 Å². The van der Waals surface area contributed by atoms with Gasteiger partial charge in [0.1, 0.15) is 0 Å². The predicted molar refractivity (Wildman–Crippen MR) is 94.8 cm³/mol. The smallest absolute Gasteiger partial charge is 0.226 e. The van der Waals surface area contributed by atoms with Crippen LogP contribution in [0.1, 0.15) is 19.3 Å². The molecule has 2 heterocycles. The van der Waals surface area contributed by atoms with Crippen molar-refractivity contribution in [1.82, 2.24) is 15.1 Å². The number of fused-ring (bicyclic) bond motifs is 1. The molecule has 1 aliphatic heterocycles. The third kappa shape index (κ3) is 2.86. The third-order valence-electron chi connectivity index (χ3n) is 5.06. The number of benzene rings is 1. The molecule has 0 bridgehead atoms. The van der Waals surface area contributed by atoms with E-state index in [9.17, 15) is 4.79 Å². The van der Waals surface area contributed by atoms with Gasteiger partial charge in [0.15, 0.2) is 5.82 Å². The molecule has 5 nitrogen and oxygen atoms in total. The molecule has 2 aliphatic rings. The Bertz CT molecular complexity index is 760. The van der Waals surface area contributed by atoms with Gasteiger partial charge in [-0.2, -0.15) is 5.10 Å². The summed E-state index contributed by atoms with van der Waals surface area (Å²) in [6.07, 6.45) is 9.05. The lowest BCUT2D eigenvalue weighted by Crippen LogP contribution is -2.50. The van der Waals surface area contributed by atoms with Crippen LogP contribution in [0, 0.1) is 5.92 Å². The highest BCUT2D eigenvalue weighted by Crippen LogP contribution is 2.25. The Labute approximate surface area is 142 Å². The number of carbonyl (C=O) groups excluding carboxylic acids is 1. The molecule has 1 aromatic heterocycles. The zero-order valence-electron chi connectivity index (χ0n) is 13.8. The molecule has 1 fully saturated rings. The van der Waals surface area contributed by atoms with Crippen LogP contribution in [0.3, 0.4) is 0 Å². The highest BCUT2D eigenvalue weighted by atomic mass is 16.2. The largest absolute Gasteiger partial charge is 0.351 e.